The van der Waals surface area contributed by atoms with E-state index in [0.29, 0.717) is 12.4 Å². The maximum Gasteiger partial charge on any atom is 0.168 e. The lowest BCUT2D eigenvalue weighted by Gasteiger charge is -2.15. The van der Waals surface area contributed by atoms with Gasteiger partial charge in [0, 0.05) is 18.2 Å². The zero-order valence-corrected chi connectivity index (χ0v) is 14.7. The van der Waals surface area contributed by atoms with Crippen LogP contribution in [0.2, 0.25) is 0 Å². The van der Waals surface area contributed by atoms with Crippen molar-refractivity contribution >= 4 is 26.7 Å². The summed E-state index contributed by atoms with van der Waals surface area (Å²) in [6.07, 6.45) is 6.37. The standard InChI is InChI=1S/C17H19N5O2S/c1-25(23,24)11-17(7-8-17)10-18-15-14-9-21-22(16(14)20-12-19-15)13-5-3-2-4-6-13/h2-6,9,12H,7-8,10-11H2,1H3,(H,18,19,20). The topological polar surface area (TPSA) is 89.8 Å². The lowest BCUT2D eigenvalue weighted by atomic mass is 10.1. The Morgan fingerprint density at radius 3 is 2.64 bits per heavy atom. The molecule has 0 unspecified atom stereocenters. The van der Waals surface area contributed by atoms with Crippen molar-refractivity contribution in [3.8, 4) is 5.69 Å². The number of anilines is 1. The van der Waals surface area contributed by atoms with Crippen LogP contribution in [0.15, 0.2) is 42.9 Å². The Labute approximate surface area is 146 Å². The zero-order valence-electron chi connectivity index (χ0n) is 13.9. The van der Waals surface area contributed by atoms with Gasteiger partial charge in [0.1, 0.15) is 22.0 Å². The number of para-hydroxylation sites is 1. The van der Waals surface area contributed by atoms with E-state index in [1.165, 1.54) is 12.6 Å². The summed E-state index contributed by atoms with van der Waals surface area (Å²) in [5.41, 5.74) is 1.48. The molecule has 2 aromatic heterocycles. The third-order valence-corrected chi connectivity index (χ3v) is 5.66. The van der Waals surface area contributed by atoms with E-state index < -0.39 is 9.84 Å². The molecule has 1 fully saturated rings. The van der Waals surface area contributed by atoms with E-state index in [0.717, 1.165) is 29.6 Å². The van der Waals surface area contributed by atoms with E-state index in [-0.39, 0.29) is 11.2 Å². The second-order valence-electron chi connectivity index (χ2n) is 6.78. The first-order chi connectivity index (χ1) is 12.0. The smallest absolute Gasteiger partial charge is 0.168 e. The average molecular weight is 357 g/mol. The van der Waals surface area contributed by atoms with Crippen molar-refractivity contribution in [3.05, 3.63) is 42.9 Å². The second-order valence-corrected chi connectivity index (χ2v) is 8.92. The normalized spacial score (nSPS) is 16.0. The summed E-state index contributed by atoms with van der Waals surface area (Å²) in [6, 6.07) is 9.78. The zero-order chi connectivity index (χ0) is 17.5. The maximum absolute atomic E-state index is 11.6. The molecule has 0 radical (unpaired) electrons. The Kier molecular flexibility index (Phi) is 3.72. The van der Waals surface area contributed by atoms with Gasteiger partial charge in [-0.2, -0.15) is 5.10 Å². The molecule has 1 aliphatic carbocycles. The van der Waals surface area contributed by atoms with Gasteiger partial charge >= 0.3 is 0 Å². The summed E-state index contributed by atoms with van der Waals surface area (Å²) < 4.78 is 25.0. The fourth-order valence-electron chi connectivity index (χ4n) is 3.12. The molecule has 0 spiro atoms. The molecule has 1 saturated carbocycles. The number of hydrogen-bond acceptors (Lipinski definition) is 6. The van der Waals surface area contributed by atoms with Crippen LogP contribution in [0, 0.1) is 5.41 Å². The van der Waals surface area contributed by atoms with Crippen molar-refractivity contribution in [2.75, 3.05) is 23.9 Å². The molecule has 4 rings (SSSR count). The highest BCUT2D eigenvalue weighted by Crippen LogP contribution is 2.46. The number of nitrogens with zero attached hydrogens (tertiary/aromatic N) is 4. The van der Waals surface area contributed by atoms with Crippen LogP contribution >= 0.6 is 0 Å². The quantitative estimate of drug-likeness (QED) is 0.726. The molecule has 7 nitrogen and oxygen atoms in total. The Hall–Kier alpha value is -2.48. The molecule has 130 valence electrons. The van der Waals surface area contributed by atoms with Crippen LogP contribution in [0.3, 0.4) is 0 Å². The summed E-state index contributed by atoms with van der Waals surface area (Å²) in [7, 11) is -2.99. The number of nitrogens with one attached hydrogen (secondary N) is 1. The van der Waals surface area contributed by atoms with Gasteiger partial charge in [-0.05, 0) is 25.0 Å². The summed E-state index contributed by atoms with van der Waals surface area (Å²) in [5, 5.41) is 8.55. The van der Waals surface area contributed by atoms with Gasteiger partial charge in [0.05, 0.1) is 23.0 Å². The second kappa shape index (κ2) is 5.80. The molecule has 0 bridgehead atoms. The van der Waals surface area contributed by atoms with Crippen molar-refractivity contribution in [2.24, 2.45) is 5.41 Å². The fourth-order valence-corrected chi connectivity index (χ4v) is 4.62. The van der Waals surface area contributed by atoms with Crippen LogP contribution in [0.25, 0.3) is 16.7 Å². The first-order valence-corrected chi connectivity index (χ1v) is 10.2. The van der Waals surface area contributed by atoms with Gasteiger partial charge in [-0.3, -0.25) is 0 Å². The largest absolute Gasteiger partial charge is 0.369 e. The molecule has 0 aliphatic heterocycles. The molecule has 0 atom stereocenters. The van der Waals surface area contributed by atoms with Crippen LogP contribution in [0.1, 0.15) is 12.8 Å². The summed E-state index contributed by atoms with van der Waals surface area (Å²) in [6.45, 7) is 0.586. The van der Waals surface area contributed by atoms with Crippen LogP contribution in [-0.4, -0.2) is 46.7 Å². The summed E-state index contributed by atoms with van der Waals surface area (Å²) in [5.74, 6) is 0.900. The predicted octanol–water partition coefficient (Wildman–Crippen LogP) is 2.05. The number of sulfone groups is 1. The SMILES string of the molecule is CS(=O)(=O)CC1(CNc2ncnc3c2cnn3-c2ccccc2)CC1. The van der Waals surface area contributed by atoms with Gasteiger partial charge in [0.25, 0.3) is 0 Å². The van der Waals surface area contributed by atoms with Gasteiger partial charge in [-0.1, -0.05) is 18.2 Å². The Morgan fingerprint density at radius 2 is 1.96 bits per heavy atom. The third-order valence-electron chi connectivity index (χ3n) is 4.52. The van der Waals surface area contributed by atoms with E-state index in [9.17, 15) is 8.42 Å². The molecule has 8 heteroatoms. The molecule has 1 aliphatic rings. The Bertz CT molecular complexity index is 1010. The van der Waals surface area contributed by atoms with Crippen molar-refractivity contribution in [2.45, 2.75) is 12.8 Å². The maximum atomic E-state index is 11.6. The minimum Gasteiger partial charge on any atom is -0.369 e. The van der Waals surface area contributed by atoms with E-state index in [1.54, 1.807) is 10.9 Å². The molecule has 25 heavy (non-hydrogen) atoms. The number of aromatic nitrogens is 4. The fraction of sp³-hybridized carbons (Fsp3) is 0.353. The highest BCUT2D eigenvalue weighted by molar-refractivity contribution is 7.90. The number of fused-ring (bicyclic) bond motifs is 1. The molecule has 0 saturated heterocycles. The van der Waals surface area contributed by atoms with Gasteiger partial charge in [0.2, 0.25) is 0 Å². The van der Waals surface area contributed by atoms with E-state index in [1.807, 2.05) is 30.3 Å². The Morgan fingerprint density at radius 1 is 1.20 bits per heavy atom. The first-order valence-electron chi connectivity index (χ1n) is 8.12. The Balaban J connectivity index is 1.60. The highest BCUT2D eigenvalue weighted by atomic mass is 32.2. The molecule has 1 aromatic carbocycles. The molecule has 1 N–H and O–H groups in total. The first kappa shape index (κ1) is 16.0. The van der Waals surface area contributed by atoms with Crippen LogP contribution in [0.5, 0.6) is 0 Å². The van der Waals surface area contributed by atoms with Gasteiger partial charge in [-0.15, -0.1) is 0 Å². The van der Waals surface area contributed by atoms with Crippen LogP contribution < -0.4 is 5.32 Å². The van der Waals surface area contributed by atoms with Gasteiger partial charge in [-0.25, -0.2) is 23.1 Å². The summed E-state index contributed by atoms with van der Waals surface area (Å²) in [4.78, 5) is 8.67. The van der Waals surface area contributed by atoms with E-state index in [2.05, 4.69) is 20.4 Å². The van der Waals surface area contributed by atoms with E-state index >= 15 is 0 Å². The average Bonchev–Trinajstić information content (AvgIpc) is 3.18. The monoisotopic (exact) mass is 357 g/mol. The lowest BCUT2D eigenvalue weighted by molar-refractivity contribution is 0.560. The minimum absolute atomic E-state index is 0.166. The van der Waals surface area contributed by atoms with Gasteiger partial charge < -0.3 is 5.32 Å². The van der Waals surface area contributed by atoms with E-state index in [4.69, 9.17) is 0 Å². The predicted molar refractivity (Wildman–Crippen MR) is 96.5 cm³/mol. The number of hydrogen-bond donors (Lipinski definition) is 1. The number of benzene rings is 1. The van der Waals surface area contributed by atoms with Crippen molar-refractivity contribution in [1.82, 2.24) is 19.7 Å². The molecule has 3 aromatic rings. The molecule has 2 heterocycles. The van der Waals surface area contributed by atoms with Crippen molar-refractivity contribution in [3.63, 3.8) is 0 Å². The minimum atomic E-state index is -2.99. The molecular formula is C17H19N5O2S. The lowest BCUT2D eigenvalue weighted by Crippen LogP contribution is -2.24. The van der Waals surface area contributed by atoms with Crippen molar-refractivity contribution < 1.29 is 8.42 Å². The van der Waals surface area contributed by atoms with Crippen molar-refractivity contribution in [1.29, 1.82) is 0 Å². The molecule has 0 amide bonds. The van der Waals surface area contributed by atoms with Gasteiger partial charge in [0.15, 0.2) is 5.65 Å². The number of rotatable bonds is 6. The van der Waals surface area contributed by atoms with Crippen LogP contribution in [-0.2, 0) is 9.84 Å². The van der Waals surface area contributed by atoms with Crippen LogP contribution in [0.4, 0.5) is 5.82 Å². The third kappa shape index (κ3) is 3.34. The summed E-state index contributed by atoms with van der Waals surface area (Å²) >= 11 is 0. The highest BCUT2D eigenvalue weighted by Gasteiger charge is 2.45. The molecular weight excluding hydrogens is 338 g/mol.